The molecule has 2 aromatic rings. The first-order valence-corrected chi connectivity index (χ1v) is 8.48. The summed E-state index contributed by atoms with van der Waals surface area (Å²) in [6.45, 7) is 1.78. The van der Waals surface area contributed by atoms with Gasteiger partial charge in [-0.1, -0.05) is 24.3 Å². The lowest BCUT2D eigenvalue weighted by Gasteiger charge is -2.15. The second-order valence-electron chi connectivity index (χ2n) is 5.95. The number of hydrogen-bond acceptors (Lipinski definition) is 5. The lowest BCUT2D eigenvalue weighted by Crippen LogP contribution is -2.34. The fourth-order valence-corrected chi connectivity index (χ4v) is 2.86. The summed E-state index contributed by atoms with van der Waals surface area (Å²) in [5.74, 6) is -3.68. The standard InChI is InChI=1S/C20H18N2O5/c1-2-27-20(26)13-7-6-8-14(11-13)21-18(24)17-16(23)12-22(19(17)25)15-9-4-3-5-10-15/h3-11,17H,2,12H2,1H3,(H,21,24). The predicted molar refractivity (Wildman–Crippen MR) is 98.3 cm³/mol. The molecule has 1 N–H and O–H groups in total. The van der Waals surface area contributed by atoms with Gasteiger partial charge in [0, 0.05) is 11.4 Å². The maximum atomic E-state index is 12.6. The summed E-state index contributed by atoms with van der Waals surface area (Å²) in [5, 5.41) is 2.54. The first kappa shape index (κ1) is 18.3. The van der Waals surface area contributed by atoms with Gasteiger partial charge in [-0.15, -0.1) is 0 Å². The summed E-state index contributed by atoms with van der Waals surface area (Å²) < 4.78 is 4.92. The van der Waals surface area contributed by atoms with Crippen LogP contribution in [0.15, 0.2) is 54.6 Å². The van der Waals surface area contributed by atoms with Gasteiger partial charge in [0.05, 0.1) is 18.7 Å². The molecule has 7 heteroatoms. The van der Waals surface area contributed by atoms with Gasteiger partial charge >= 0.3 is 5.97 Å². The molecule has 0 radical (unpaired) electrons. The second kappa shape index (κ2) is 7.82. The maximum absolute atomic E-state index is 12.6. The SMILES string of the molecule is CCOC(=O)c1cccc(NC(=O)C2C(=O)CN(c3ccccc3)C2=O)c1. The Bertz CT molecular complexity index is 894. The van der Waals surface area contributed by atoms with Crippen LogP contribution < -0.4 is 10.2 Å². The minimum absolute atomic E-state index is 0.149. The first-order chi connectivity index (χ1) is 13.0. The molecule has 7 nitrogen and oxygen atoms in total. The number of esters is 1. The van der Waals surface area contributed by atoms with E-state index in [1.165, 1.54) is 11.0 Å². The molecule has 0 spiro atoms. The van der Waals surface area contributed by atoms with E-state index in [9.17, 15) is 19.2 Å². The number of para-hydroxylation sites is 1. The van der Waals surface area contributed by atoms with Crippen molar-refractivity contribution in [2.75, 3.05) is 23.4 Å². The molecule has 2 aromatic carbocycles. The number of hydrogen-bond donors (Lipinski definition) is 1. The van der Waals surface area contributed by atoms with Gasteiger partial charge in [0.15, 0.2) is 11.7 Å². The Labute approximate surface area is 155 Å². The van der Waals surface area contributed by atoms with Crippen LogP contribution in [-0.4, -0.2) is 36.7 Å². The van der Waals surface area contributed by atoms with Crippen molar-refractivity contribution in [3.05, 3.63) is 60.2 Å². The van der Waals surface area contributed by atoms with E-state index >= 15 is 0 Å². The molecule has 3 rings (SSSR count). The molecule has 138 valence electrons. The third kappa shape index (κ3) is 3.87. The molecule has 27 heavy (non-hydrogen) atoms. The van der Waals surface area contributed by atoms with Crippen LogP contribution in [0, 0.1) is 5.92 Å². The van der Waals surface area contributed by atoms with Crippen molar-refractivity contribution in [3.8, 4) is 0 Å². The average molecular weight is 366 g/mol. The zero-order valence-electron chi connectivity index (χ0n) is 14.7. The Kier molecular flexibility index (Phi) is 5.30. The molecule has 0 aromatic heterocycles. The van der Waals surface area contributed by atoms with E-state index < -0.39 is 29.5 Å². The number of anilines is 2. The van der Waals surface area contributed by atoms with E-state index in [-0.39, 0.29) is 18.7 Å². The number of ketones is 1. The molecular formula is C20H18N2O5. The van der Waals surface area contributed by atoms with Crippen LogP contribution in [0.4, 0.5) is 11.4 Å². The van der Waals surface area contributed by atoms with Crippen molar-refractivity contribution in [2.45, 2.75) is 6.92 Å². The molecule has 0 saturated carbocycles. The third-order valence-corrected chi connectivity index (χ3v) is 4.12. The number of carbonyl (C=O) groups excluding carboxylic acids is 4. The highest BCUT2D eigenvalue weighted by atomic mass is 16.5. The zero-order valence-corrected chi connectivity index (χ0v) is 14.7. The molecule has 1 unspecified atom stereocenters. The number of benzene rings is 2. The van der Waals surface area contributed by atoms with Gasteiger partial charge in [0.25, 0.3) is 0 Å². The van der Waals surface area contributed by atoms with Crippen LogP contribution in [0.25, 0.3) is 0 Å². The Morgan fingerprint density at radius 1 is 1.11 bits per heavy atom. The highest BCUT2D eigenvalue weighted by Gasteiger charge is 2.44. The average Bonchev–Trinajstić information content (AvgIpc) is 2.97. The van der Waals surface area contributed by atoms with Gasteiger partial charge in [-0.25, -0.2) is 4.79 Å². The lowest BCUT2D eigenvalue weighted by molar-refractivity contribution is -0.134. The topological polar surface area (TPSA) is 92.8 Å². The molecule has 2 amide bonds. The van der Waals surface area contributed by atoms with Crippen molar-refractivity contribution in [1.29, 1.82) is 0 Å². The third-order valence-electron chi connectivity index (χ3n) is 4.12. The Morgan fingerprint density at radius 2 is 1.85 bits per heavy atom. The van der Waals surface area contributed by atoms with E-state index in [0.29, 0.717) is 11.4 Å². The van der Waals surface area contributed by atoms with Crippen LogP contribution in [0.5, 0.6) is 0 Å². The molecule has 0 bridgehead atoms. The maximum Gasteiger partial charge on any atom is 0.338 e. The highest BCUT2D eigenvalue weighted by Crippen LogP contribution is 2.24. The summed E-state index contributed by atoms with van der Waals surface area (Å²) in [6.07, 6.45) is 0. The molecule has 0 aliphatic carbocycles. The van der Waals surface area contributed by atoms with E-state index in [1.807, 2.05) is 0 Å². The van der Waals surface area contributed by atoms with E-state index in [4.69, 9.17) is 4.74 Å². The van der Waals surface area contributed by atoms with Gasteiger partial charge in [0.2, 0.25) is 11.8 Å². The van der Waals surface area contributed by atoms with Crippen molar-refractivity contribution in [3.63, 3.8) is 0 Å². The van der Waals surface area contributed by atoms with Crippen molar-refractivity contribution >= 4 is 34.9 Å². The minimum Gasteiger partial charge on any atom is -0.462 e. The molecule has 1 fully saturated rings. The molecule has 1 aliphatic heterocycles. The summed E-state index contributed by atoms with van der Waals surface area (Å²) >= 11 is 0. The number of Topliss-reactive ketones (excluding diaryl/α,β-unsaturated/α-hetero) is 1. The highest BCUT2D eigenvalue weighted by molar-refractivity contribution is 6.30. The van der Waals surface area contributed by atoms with Crippen molar-refractivity contribution < 1.29 is 23.9 Å². The number of nitrogens with zero attached hydrogens (tertiary/aromatic N) is 1. The number of ether oxygens (including phenoxy) is 1. The summed E-state index contributed by atoms with van der Waals surface area (Å²) in [6, 6.07) is 14.8. The summed E-state index contributed by atoms with van der Waals surface area (Å²) in [7, 11) is 0. The molecule has 1 saturated heterocycles. The largest absolute Gasteiger partial charge is 0.462 e. The first-order valence-electron chi connectivity index (χ1n) is 8.48. The van der Waals surface area contributed by atoms with E-state index in [1.54, 1.807) is 55.5 Å². The van der Waals surface area contributed by atoms with Crippen LogP contribution in [0.1, 0.15) is 17.3 Å². The van der Waals surface area contributed by atoms with Crippen LogP contribution in [0.2, 0.25) is 0 Å². The number of rotatable bonds is 5. The van der Waals surface area contributed by atoms with Gasteiger partial charge in [-0.05, 0) is 37.3 Å². The van der Waals surface area contributed by atoms with Crippen LogP contribution in [0.3, 0.4) is 0 Å². The Balaban J connectivity index is 1.75. The zero-order chi connectivity index (χ0) is 19.4. The van der Waals surface area contributed by atoms with Gasteiger partial charge in [0.1, 0.15) is 0 Å². The molecule has 1 atom stereocenters. The van der Waals surface area contributed by atoms with Gasteiger partial charge < -0.3 is 15.0 Å². The van der Waals surface area contributed by atoms with Crippen LogP contribution in [-0.2, 0) is 19.1 Å². The normalized spacial score (nSPS) is 16.3. The van der Waals surface area contributed by atoms with Crippen LogP contribution >= 0.6 is 0 Å². The fourth-order valence-electron chi connectivity index (χ4n) is 2.86. The quantitative estimate of drug-likeness (QED) is 0.646. The monoisotopic (exact) mass is 366 g/mol. The van der Waals surface area contributed by atoms with Crippen molar-refractivity contribution in [1.82, 2.24) is 0 Å². The minimum atomic E-state index is -1.41. The Morgan fingerprint density at radius 3 is 2.56 bits per heavy atom. The Hall–Kier alpha value is -3.48. The number of amides is 2. The van der Waals surface area contributed by atoms with Crippen molar-refractivity contribution in [2.24, 2.45) is 5.92 Å². The lowest BCUT2D eigenvalue weighted by atomic mass is 10.1. The molecular weight excluding hydrogens is 348 g/mol. The summed E-state index contributed by atoms with van der Waals surface area (Å²) in [5.41, 5.74) is 1.14. The molecule has 1 aliphatic rings. The van der Waals surface area contributed by atoms with Gasteiger partial charge in [-0.3, -0.25) is 14.4 Å². The number of nitrogens with one attached hydrogen (secondary N) is 1. The van der Waals surface area contributed by atoms with E-state index in [2.05, 4.69) is 5.32 Å². The smallest absolute Gasteiger partial charge is 0.338 e. The van der Waals surface area contributed by atoms with Gasteiger partial charge in [-0.2, -0.15) is 0 Å². The fraction of sp³-hybridized carbons (Fsp3) is 0.200. The predicted octanol–water partition coefficient (Wildman–Crippen LogP) is 2.03. The number of carbonyl (C=O) groups is 4. The van der Waals surface area contributed by atoms with E-state index in [0.717, 1.165) is 0 Å². The summed E-state index contributed by atoms with van der Waals surface area (Å²) in [4.78, 5) is 50.5. The molecule has 1 heterocycles. The second-order valence-corrected chi connectivity index (χ2v) is 5.95.